The highest BCUT2D eigenvalue weighted by Gasteiger charge is 2.15. The minimum atomic E-state index is -0.195. The molecule has 7 nitrogen and oxygen atoms in total. The largest absolute Gasteiger partial charge is 0.497 e. The van der Waals surface area contributed by atoms with Gasteiger partial charge in [0.05, 0.1) is 32.0 Å². The molecule has 0 unspecified atom stereocenters. The number of fused-ring (bicyclic) bond motifs is 1. The number of hydrogen-bond donors (Lipinski definition) is 1. The molecule has 164 valence electrons. The van der Waals surface area contributed by atoms with E-state index in [1.165, 1.54) is 23.1 Å². The molecule has 0 aliphatic rings. The average Bonchev–Trinajstić information content (AvgIpc) is 3.29. The molecule has 0 saturated heterocycles. The molecule has 4 aromatic rings. The van der Waals surface area contributed by atoms with E-state index in [4.69, 9.17) is 9.47 Å². The smallest absolute Gasteiger partial charge is 0.272 e. The van der Waals surface area contributed by atoms with Crippen LogP contribution in [0.15, 0.2) is 69.9 Å². The molecule has 2 aromatic heterocycles. The Labute approximate surface area is 193 Å². The van der Waals surface area contributed by atoms with Crippen LogP contribution in [0.2, 0.25) is 0 Å². The van der Waals surface area contributed by atoms with E-state index in [0.717, 1.165) is 11.3 Å². The Morgan fingerprint density at radius 2 is 1.88 bits per heavy atom. The zero-order valence-electron chi connectivity index (χ0n) is 17.5. The van der Waals surface area contributed by atoms with Gasteiger partial charge in [0.2, 0.25) is 5.91 Å². The first kappa shape index (κ1) is 21.9. The highest BCUT2D eigenvalue weighted by Crippen LogP contribution is 2.23. The summed E-state index contributed by atoms with van der Waals surface area (Å²) in [6.07, 6.45) is 0. The molecular weight excluding hydrogens is 446 g/mol. The summed E-state index contributed by atoms with van der Waals surface area (Å²) in [5.74, 6) is 1.33. The van der Waals surface area contributed by atoms with Gasteiger partial charge < -0.3 is 14.8 Å². The number of thioether (sulfide) groups is 1. The Bertz CT molecular complexity index is 1300. The number of ether oxygens (including phenoxy) is 2. The van der Waals surface area contributed by atoms with Crippen molar-refractivity contribution in [2.45, 2.75) is 11.7 Å². The number of rotatable bonds is 8. The highest BCUT2D eigenvalue weighted by molar-refractivity contribution is 7.99. The van der Waals surface area contributed by atoms with Crippen molar-refractivity contribution >= 4 is 44.9 Å². The average molecular weight is 468 g/mol. The first-order valence-electron chi connectivity index (χ1n) is 9.75. The Kier molecular flexibility index (Phi) is 6.77. The van der Waals surface area contributed by atoms with Crippen LogP contribution >= 0.6 is 23.1 Å². The van der Waals surface area contributed by atoms with Crippen molar-refractivity contribution in [3.63, 3.8) is 0 Å². The van der Waals surface area contributed by atoms with E-state index in [-0.39, 0.29) is 17.2 Å². The standard InChI is InChI=1S/C23H21N3O4S2/c1-29-17-8-6-15(7-9-17)13-26-22(28)21-19(10-11-31-21)25-23(26)32-14-20(27)24-16-4-3-5-18(12-16)30-2/h3-12H,13-14H2,1-2H3,(H,24,27). The minimum absolute atomic E-state index is 0.113. The molecule has 32 heavy (non-hydrogen) atoms. The lowest BCUT2D eigenvalue weighted by Crippen LogP contribution is -2.24. The molecule has 9 heteroatoms. The fourth-order valence-corrected chi connectivity index (χ4v) is 4.69. The van der Waals surface area contributed by atoms with Crippen LogP contribution in [-0.4, -0.2) is 35.4 Å². The van der Waals surface area contributed by atoms with Crippen LogP contribution in [0.3, 0.4) is 0 Å². The van der Waals surface area contributed by atoms with Gasteiger partial charge in [-0.25, -0.2) is 4.98 Å². The number of thiophene rings is 1. The van der Waals surface area contributed by atoms with Gasteiger partial charge in [0, 0.05) is 11.8 Å². The maximum absolute atomic E-state index is 13.1. The highest BCUT2D eigenvalue weighted by atomic mass is 32.2. The first-order valence-corrected chi connectivity index (χ1v) is 11.6. The van der Waals surface area contributed by atoms with Crippen molar-refractivity contribution in [1.29, 1.82) is 0 Å². The second kappa shape index (κ2) is 9.88. The zero-order valence-corrected chi connectivity index (χ0v) is 19.2. The van der Waals surface area contributed by atoms with Crippen molar-refractivity contribution in [2.75, 3.05) is 25.3 Å². The molecule has 0 aliphatic heterocycles. The predicted octanol–water partition coefficient (Wildman–Crippen LogP) is 4.25. The SMILES string of the molecule is COc1ccc(Cn2c(SCC(=O)Nc3cccc(OC)c3)nc3ccsc3c2=O)cc1. The van der Waals surface area contributed by atoms with Gasteiger partial charge in [0.15, 0.2) is 5.16 Å². The van der Waals surface area contributed by atoms with E-state index >= 15 is 0 Å². The third-order valence-corrected chi connectivity index (χ3v) is 6.58. The lowest BCUT2D eigenvalue weighted by Gasteiger charge is -2.13. The molecule has 2 heterocycles. The fraction of sp³-hybridized carbons (Fsp3) is 0.174. The molecule has 0 radical (unpaired) electrons. The van der Waals surface area contributed by atoms with Crippen molar-refractivity contribution in [3.05, 3.63) is 75.9 Å². The van der Waals surface area contributed by atoms with Gasteiger partial charge in [-0.1, -0.05) is 30.0 Å². The number of methoxy groups -OCH3 is 2. The van der Waals surface area contributed by atoms with Crippen molar-refractivity contribution < 1.29 is 14.3 Å². The number of amides is 1. The van der Waals surface area contributed by atoms with E-state index in [9.17, 15) is 9.59 Å². The quantitative estimate of drug-likeness (QED) is 0.308. The zero-order chi connectivity index (χ0) is 22.5. The number of aromatic nitrogens is 2. The Morgan fingerprint density at radius 3 is 2.62 bits per heavy atom. The van der Waals surface area contributed by atoms with E-state index in [2.05, 4.69) is 10.3 Å². The predicted molar refractivity (Wildman–Crippen MR) is 128 cm³/mol. The van der Waals surface area contributed by atoms with Crippen LogP contribution in [0, 0.1) is 0 Å². The second-order valence-electron chi connectivity index (χ2n) is 6.84. The second-order valence-corrected chi connectivity index (χ2v) is 8.70. The third-order valence-electron chi connectivity index (χ3n) is 4.72. The van der Waals surface area contributed by atoms with Gasteiger partial charge >= 0.3 is 0 Å². The number of anilines is 1. The Hall–Kier alpha value is -3.30. The van der Waals surface area contributed by atoms with Crippen LogP contribution in [0.4, 0.5) is 5.69 Å². The molecule has 0 atom stereocenters. The van der Waals surface area contributed by atoms with Crippen molar-refractivity contribution in [1.82, 2.24) is 9.55 Å². The van der Waals surface area contributed by atoms with Crippen LogP contribution in [0.5, 0.6) is 11.5 Å². The molecule has 4 rings (SSSR count). The summed E-state index contributed by atoms with van der Waals surface area (Å²) >= 11 is 2.60. The molecule has 1 N–H and O–H groups in total. The number of benzene rings is 2. The van der Waals surface area contributed by atoms with Gasteiger partial charge in [-0.05, 0) is 41.3 Å². The monoisotopic (exact) mass is 467 g/mol. The summed E-state index contributed by atoms with van der Waals surface area (Å²) in [5, 5.41) is 5.19. The summed E-state index contributed by atoms with van der Waals surface area (Å²) in [6.45, 7) is 0.351. The molecule has 2 aromatic carbocycles. The summed E-state index contributed by atoms with van der Waals surface area (Å²) in [7, 11) is 3.19. The summed E-state index contributed by atoms with van der Waals surface area (Å²) in [4.78, 5) is 30.3. The number of nitrogens with one attached hydrogen (secondary N) is 1. The van der Waals surface area contributed by atoms with Crippen LogP contribution in [0.1, 0.15) is 5.56 Å². The van der Waals surface area contributed by atoms with Gasteiger partial charge in [-0.2, -0.15) is 0 Å². The number of carbonyl (C=O) groups is 1. The van der Waals surface area contributed by atoms with Crippen LogP contribution in [0.25, 0.3) is 10.2 Å². The van der Waals surface area contributed by atoms with Crippen molar-refractivity contribution in [2.24, 2.45) is 0 Å². The molecule has 1 amide bonds. The normalized spacial score (nSPS) is 10.8. The van der Waals surface area contributed by atoms with Gasteiger partial charge in [0.25, 0.3) is 5.56 Å². The summed E-state index contributed by atoms with van der Waals surface area (Å²) in [6, 6.07) is 16.5. The lowest BCUT2D eigenvalue weighted by atomic mass is 10.2. The molecular formula is C23H21N3O4S2. The molecule has 0 bridgehead atoms. The Balaban J connectivity index is 1.55. The third kappa shape index (κ3) is 4.95. The van der Waals surface area contributed by atoms with Crippen molar-refractivity contribution in [3.8, 4) is 11.5 Å². The minimum Gasteiger partial charge on any atom is -0.497 e. The topological polar surface area (TPSA) is 82.4 Å². The fourth-order valence-electron chi connectivity index (χ4n) is 3.11. The first-order chi connectivity index (χ1) is 15.6. The molecule has 0 spiro atoms. The molecule has 0 aliphatic carbocycles. The van der Waals surface area contributed by atoms with E-state index in [1.54, 1.807) is 37.0 Å². The van der Waals surface area contributed by atoms with E-state index in [1.807, 2.05) is 41.8 Å². The maximum Gasteiger partial charge on any atom is 0.272 e. The Morgan fingerprint density at radius 1 is 1.09 bits per heavy atom. The van der Waals surface area contributed by atoms with Crippen LogP contribution in [-0.2, 0) is 11.3 Å². The van der Waals surface area contributed by atoms with E-state index < -0.39 is 0 Å². The number of nitrogens with zero attached hydrogens (tertiary/aromatic N) is 2. The van der Waals surface area contributed by atoms with Gasteiger partial charge in [-0.3, -0.25) is 14.2 Å². The van der Waals surface area contributed by atoms with Gasteiger partial charge in [-0.15, -0.1) is 11.3 Å². The number of hydrogen-bond acceptors (Lipinski definition) is 7. The lowest BCUT2D eigenvalue weighted by molar-refractivity contribution is -0.113. The van der Waals surface area contributed by atoms with Gasteiger partial charge in [0.1, 0.15) is 16.2 Å². The van der Waals surface area contributed by atoms with Crippen LogP contribution < -0.4 is 20.3 Å². The molecule has 0 saturated carbocycles. The number of carbonyl (C=O) groups excluding carboxylic acids is 1. The molecule has 0 fully saturated rings. The maximum atomic E-state index is 13.1. The van der Waals surface area contributed by atoms with E-state index in [0.29, 0.717) is 33.4 Å². The summed E-state index contributed by atoms with van der Waals surface area (Å²) in [5.41, 5.74) is 2.11. The summed E-state index contributed by atoms with van der Waals surface area (Å²) < 4.78 is 12.6.